The van der Waals surface area contributed by atoms with E-state index in [-0.39, 0.29) is 11.2 Å². The van der Waals surface area contributed by atoms with Gasteiger partial charge in [0.2, 0.25) is 0 Å². The molecule has 0 unspecified atom stereocenters. The van der Waals surface area contributed by atoms with Gasteiger partial charge in [0.1, 0.15) is 17.3 Å². The molecule has 5 heteroatoms. The summed E-state index contributed by atoms with van der Waals surface area (Å²) in [6.45, 7) is 12.4. The van der Waals surface area contributed by atoms with Crippen molar-refractivity contribution >= 4 is 27.6 Å². The Morgan fingerprint density at radius 1 is 0.964 bits per heavy atom. The number of benzene rings is 2. The van der Waals surface area contributed by atoms with Crippen LogP contribution in [0.2, 0.25) is 0 Å². The van der Waals surface area contributed by atoms with Crippen molar-refractivity contribution in [2.24, 2.45) is 0 Å². The summed E-state index contributed by atoms with van der Waals surface area (Å²) in [4.78, 5) is 9.71. The maximum atomic E-state index is 14.0. The van der Waals surface area contributed by atoms with E-state index in [0.29, 0.717) is 12.7 Å². The third kappa shape index (κ3) is 3.71. The number of aryl methyl sites for hydroxylation is 1. The summed E-state index contributed by atoms with van der Waals surface area (Å²) < 4.78 is 25.7. The van der Waals surface area contributed by atoms with E-state index >= 15 is 0 Å². The van der Waals surface area contributed by atoms with Gasteiger partial charge in [0.25, 0.3) is 0 Å². The smallest absolute Gasteiger partial charge is 0.149 e. The van der Waals surface area contributed by atoms with Crippen LogP contribution in [0.3, 0.4) is 0 Å². The monoisotopic (exact) mass is 385 g/mol. The molecule has 2 aromatic heterocycles. The first kappa shape index (κ1) is 21.7. The quantitative estimate of drug-likeness (QED) is 0.367. The highest BCUT2D eigenvalue weighted by Crippen LogP contribution is 2.32. The minimum absolute atomic E-state index is 0.186. The van der Waals surface area contributed by atoms with E-state index in [1.165, 1.54) is 6.07 Å². The van der Waals surface area contributed by atoms with Crippen LogP contribution in [0.15, 0.2) is 36.4 Å². The van der Waals surface area contributed by atoms with Gasteiger partial charge in [-0.25, -0.2) is 14.4 Å². The lowest BCUT2D eigenvalue weighted by atomic mass is 9.94. The van der Waals surface area contributed by atoms with Crippen molar-refractivity contribution in [3.8, 4) is 0 Å². The zero-order valence-electron chi connectivity index (χ0n) is 17.8. The number of hydrogen-bond donors (Lipinski definition) is 0. The maximum Gasteiger partial charge on any atom is 0.149 e. The molecule has 0 spiro atoms. The normalized spacial score (nSPS) is 11.2. The number of alkyl halides is 1. The fourth-order valence-electron chi connectivity index (χ4n) is 3.35. The van der Waals surface area contributed by atoms with Crippen molar-refractivity contribution in [2.75, 3.05) is 7.18 Å². The van der Waals surface area contributed by atoms with E-state index in [1.807, 2.05) is 39.0 Å². The van der Waals surface area contributed by atoms with E-state index in [2.05, 4.69) is 31.2 Å². The number of para-hydroxylation sites is 2. The SMILES string of the molecule is CC.CCc1cc(F)cc2nc(C(C)(C)C)n3c4ccccc4nc3c12.CF. The van der Waals surface area contributed by atoms with Gasteiger partial charge < -0.3 is 0 Å². The van der Waals surface area contributed by atoms with E-state index < -0.39 is 0 Å². The van der Waals surface area contributed by atoms with Gasteiger partial charge in [0.15, 0.2) is 0 Å². The molecule has 0 saturated heterocycles. The number of halogens is 2. The standard InChI is InChI=1S/C20H20FN3.C2H6.CH3F/c1-5-12-10-13(21)11-15-17(12)18-22-14-8-6-7-9-16(14)24(18)19(23-15)20(2,3)4;2*1-2/h6-11H,5H2,1-4H3;1-2H3;1H3. The van der Waals surface area contributed by atoms with Gasteiger partial charge in [-0.05, 0) is 30.2 Å². The number of aromatic nitrogens is 3. The molecule has 0 amide bonds. The number of fused-ring (bicyclic) bond motifs is 5. The number of nitrogens with zero attached hydrogens (tertiary/aromatic N) is 3. The molecular weight excluding hydrogens is 356 g/mol. The van der Waals surface area contributed by atoms with Crippen LogP contribution in [-0.4, -0.2) is 21.5 Å². The Labute approximate surface area is 165 Å². The summed E-state index contributed by atoms with van der Waals surface area (Å²) in [5.74, 6) is 0.651. The Bertz CT molecular complexity index is 1090. The fraction of sp³-hybridized carbons (Fsp3) is 0.391. The van der Waals surface area contributed by atoms with E-state index in [1.54, 1.807) is 6.07 Å². The molecule has 0 N–H and O–H groups in total. The molecule has 0 aliphatic heterocycles. The average molecular weight is 386 g/mol. The van der Waals surface area contributed by atoms with Gasteiger partial charge in [-0.2, -0.15) is 0 Å². The molecule has 0 aliphatic rings. The highest BCUT2D eigenvalue weighted by molar-refractivity contribution is 5.98. The Morgan fingerprint density at radius 3 is 2.21 bits per heavy atom. The van der Waals surface area contributed by atoms with Gasteiger partial charge in [0, 0.05) is 16.9 Å². The van der Waals surface area contributed by atoms with Crippen LogP contribution in [0.25, 0.3) is 27.6 Å². The number of rotatable bonds is 1. The third-order valence-electron chi connectivity index (χ3n) is 4.44. The molecule has 3 nitrogen and oxygen atoms in total. The summed E-state index contributed by atoms with van der Waals surface area (Å²) in [6.07, 6.45) is 0.740. The topological polar surface area (TPSA) is 30.2 Å². The average Bonchev–Trinajstić information content (AvgIpc) is 3.08. The summed E-state index contributed by atoms with van der Waals surface area (Å²) in [7, 11) is 0.500. The molecule has 150 valence electrons. The van der Waals surface area contributed by atoms with Gasteiger partial charge in [0.05, 0.1) is 23.7 Å². The van der Waals surface area contributed by atoms with Gasteiger partial charge >= 0.3 is 0 Å². The molecule has 0 bridgehead atoms. The van der Waals surface area contributed by atoms with Crippen LogP contribution in [0, 0.1) is 5.82 Å². The van der Waals surface area contributed by atoms with Crippen LogP contribution in [-0.2, 0) is 11.8 Å². The first-order chi connectivity index (χ1) is 13.4. The lowest BCUT2D eigenvalue weighted by Crippen LogP contribution is -2.19. The van der Waals surface area contributed by atoms with Crippen LogP contribution in [0.4, 0.5) is 8.78 Å². The largest absolute Gasteiger partial charge is 0.279 e. The minimum atomic E-state index is -0.243. The Morgan fingerprint density at radius 2 is 1.61 bits per heavy atom. The summed E-state index contributed by atoms with van der Waals surface area (Å²) in [5, 5.41) is 0.947. The van der Waals surface area contributed by atoms with Gasteiger partial charge in [-0.15, -0.1) is 0 Å². The summed E-state index contributed by atoms with van der Waals surface area (Å²) in [6, 6.07) is 11.2. The second kappa shape index (κ2) is 8.63. The van der Waals surface area contributed by atoms with Crippen molar-refractivity contribution in [1.29, 1.82) is 0 Å². The minimum Gasteiger partial charge on any atom is -0.279 e. The Balaban J connectivity index is 0.000000660. The second-order valence-electron chi connectivity index (χ2n) is 7.26. The van der Waals surface area contributed by atoms with Crippen molar-refractivity contribution in [3.05, 3.63) is 53.6 Å². The molecule has 0 aliphatic carbocycles. The molecule has 4 rings (SSSR count). The first-order valence-corrected chi connectivity index (χ1v) is 9.67. The van der Waals surface area contributed by atoms with Gasteiger partial charge in [-0.1, -0.05) is 53.7 Å². The van der Waals surface area contributed by atoms with Crippen molar-refractivity contribution < 1.29 is 8.78 Å². The van der Waals surface area contributed by atoms with Crippen LogP contribution in [0.1, 0.15) is 52.9 Å². The van der Waals surface area contributed by atoms with Gasteiger partial charge in [-0.3, -0.25) is 8.79 Å². The van der Waals surface area contributed by atoms with Crippen molar-refractivity contribution in [3.63, 3.8) is 0 Å². The third-order valence-corrected chi connectivity index (χ3v) is 4.44. The van der Waals surface area contributed by atoms with Crippen LogP contribution >= 0.6 is 0 Å². The predicted molar refractivity (Wildman–Crippen MR) is 114 cm³/mol. The molecule has 4 aromatic rings. The van der Waals surface area contributed by atoms with E-state index in [0.717, 1.165) is 39.9 Å². The summed E-state index contributed by atoms with van der Waals surface area (Å²) in [5.41, 5.74) is 4.27. The van der Waals surface area contributed by atoms with E-state index in [9.17, 15) is 8.78 Å². The molecule has 28 heavy (non-hydrogen) atoms. The molecule has 0 saturated carbocycles. The Hall–Kier alpha value is -2.56. The molecule has 0 radical (unpaired) electrons. The molecular formula is C23H29F2N3. The molecule has 2 heterocycles. The molecule has 0 atom stereocenters. The molecule has 2 aromatic carbocycles. The second-order valence-corrected chi connectivity index (χ2v) is 7.26. The number of hydrogen-bond acceptors (Lipinski definition) is 2. The zero-order chi connectivity index (χ0) is 21.1. The zero-order valence-corrected chi connectivity index (χ0v) is 17.8. The molecule has 0 fully saturated rings. The first-order valence-electron chi connectivity index (χ1n) is 9.67. The maximum absolute atomic E-state index is 14.0. The van der Waals surface area contributed by atoms with Crippen molar-refractivity contribution in [1.82, 2.24) is 14.4 Å². The van der Waals surface area contributed by atoms with Crippen molar-refractivity contribution in [2.45, 2.75) is 53.4 Å². The lowest BCUT2D eigenvalue weighted by Gasteiger charge is -2.21. The highest BCUT2D eigenvalue weighted by Gasteiger charge is 2.24. The van der Waals surface area contributed by atoms with E-state index in [4.69, 9.17) is 9.97 Å². The van der Waals surface area contributed by atoms with Crippen LogP contribution < -0.4 is 0 Å². The fourth-order valence-corrected chi connectivity index (χ4v) is 3.35. The number of imidazole rings is 1. The predicted octanol–water partition coefficient (Wildman–Crippen LogP) is 6.65. The lowest BCUT2D eigenvalue weighted by molar-refractivity contribution is 0.542. The Kier molecular flexibility index (Phi) is 6.70. The summed E-state index contributed by atoms with van der Waals surface area (Å²) >= 11 is 0. The highest BCUT2D eigenvalue weighted by atomic mass is 19.1. The van der Waals surface area contributed by atoms with Crippen LogP contribution in [0.5, 0.6) is 0 Å².